The fourth-order valence-corrected chi connectivity index (χ4v) is 2.30. The van der Waals surface area contributed by atoms with Crippen molar-refractivity contribution in [2.75, 3.05) is 18.5 Å². The van der Waals surface area contributed by atoms with Gasteiger partial charge in [-0.3, -0.25) is 4.68 Å². The highest BCUT2D eigenvalue weighted by Gasteiger charge is 2.20. The summed E-state index contributed by atoms with van der Waals surface area (Å²) >= 11 is 0. The lowest BCUT2D eigenvalue weighted by molar-refractivity contribution is 0.669. The molecule has 1 aromatic carbocycles. The number of nitrogens with two attached hydrogens (primary N) is 1. The van der Waals surface area contributed by atoms with Gasteiger partial charge < -0.3 is 10.6 Å². The van der Waals surface area contributed by atoms with Crippen LogP contribution >= 0.6 is 0 Å². The molecular formula is C15H22N4. The van der Waals surface area contributed by atoms with E-state index in [-0.39, 0.29) is 6.04 Å². The predicted molar refractivity (Wildman–Crippen MR) is 79.3 cm³/mol. The third-order valence-electron chi connectivity index (χ3n) is 3.76. The van der Waals surface area contributed by atoms with E-state index in [9.17, 15) is 0 Å². The van der Waals surface area contributed by atoms with Gasteiger partial charge >= 0.3 is 0 Å². The molecule has 0 saturated heterocycles. The molecule has 4 nitrogen and oxygen atoms in total. The molecule has 1 atom stereocenters. The molecular weight excluding hydrogens is 236 g/mol. The number of nitrogens with zero attached hydrogens (tertiary/aromatic N) is 3. The van der Waals surface area contributed by atoms with Gasteiger partial charge in [-0.15, -0.1) is 0 Å². The second kappa shape index (κ2) is 5.45. The van der Waals surface area contributed by atoms with Crippen LogP contribution in [0.25, 0.3) is 0 Å². The van der Waals surface area contributed by atoms with E-state index >= 15 is 0 Å². The van der Waals surface area contributed by atoms with Crippen molar-refractivity contribution in [3.8, 4) is 0 Å². The summed E-state index contributed by atoms with van der Waals surface area (Å²) in [6.45, 7) is 4.74. The minimum atomic E-state index is 0.149. The zero-order valence-corrected chi connectivity index (χ0v) is 12.1. The number of rotatable bonds is 4. The Morgan fingerprint density at radius 3 is 2.37 bits per heavy atom. The number of hydrogen-bond acceptors (Lipinski definition) is 3. The molecule has 0 aliphatic heterocycles. The van der Waals surface area contributed by atoms with Crippen molar-refractivity contribution in [2.45, 2.75) is 19.9 Å². The van der Waals surface area contributed by atoms with Crippen LogP contribution in [0.3, 0.4) is 0 Å². The third kappa shape index (κ3) is 2.63. The van der Waals surface area contributed by atoms with Crippen LogP contribution < -0.4 is 10.6 Å². The first kappa shape index (κ1) is 13.6. The maximum absolute atomic E-state index is 5.97. The molecule has 0 aliphatic rings. The van der Waals surface area contributed by atoms with Crippen molar-refractivity contribution in [2.24, 2.45) is 12.8 Å². The number of benzene rings is 1. The topological polar surface area (TPSA) is 47.1 Å². The van der Waals surface area contributed by atoms with Crippen molar-refractivity contribution in [1.29, 1.82) is 0 Å². The Balaban J connectivity index is 2.31. The van der Waals surface area contributed by atoms with Gasteiger partial charge in [-0.1, -0.05) is 17.7 Å². The maximum atomic E-state index is 5.97. The standard InChI is InChI=1S/C15H22N4/c1-11-5-7-13(8-6-11)18(3)15(9-16)14-10-17-19(4)12(14)2/h5-8,10,15H,9,16H2,1-4H3. The third-order valence-corrected chi connectivity index (χ3v) is 3.76. The van der Waals surface area contributed by atoms with Crippen LogP contribution in [0.15, 0.2) is 30.5 Å². The number of aromatic nitrogens is 2. The van der Waals surface area contributed by atoms with Crippen molar-refractivity contribution in [3.63, 3.8) is 0 Å². The van der Waals surface area contributed by atoms with Gasteiger partial charge in [0, 0.05) is 37.6 Å². The molecule has 4 heteroatoms. The minimum Gasteiger partial charge on any atom is -0.366 e. The summed E-state index contributed by atoms with van der Waals surface area (Å²) < 4.78 is 1.89. The van der Waals surface area contributed by atoms with Crippen molar-refractivity contribution in [3.05, 3.63) is 47.3 Å². The first-order chi connectivity index (χ1) is 9.04. The van der Waals surface area contributed by atoms with Crippen LogP contribution in [0.1, 0.15) is 22.9 Å². The highest BCUT2D eigenvalue weighted by atomic mass is 15.3. The Morgan fingerprint density at radius 2 is 1.89 bits per heavy atom. The molecule has 1 unspecified atom stereocenters. The van der Waals surface area contributed by atoms with E-state index in [0.717, 1.165) is 5.69 Å². The largest absolute Gasteiger partial charge is 0.366 e. The lowest BCUT2D eigenvalue weighted by atomic mass is 10.1. The van der Waals surface area contributed by atoms with E-state index in [0.29, 0.717) is 6.54 Å². The average Bonchev–Trinajstić information content (AvgIpc) is 2.73. The van der Waals surface area contributed by atoms with Gasteiger partial charge in [0.2, 0.25) is 0 Å². The number of aryl methyl sites for hydroxylation is 2. The van der Waals surface area contributed by atoms with Crippen LogP contribution in [0.2, 0.25) is 0 Å². The Kier molecular flexibility index (Phi) is 3.90. The van der Waals surface area contributed by atoms with Gasteiger partial charge in [0.15, 0.2) is 0 Å². The SMILES string of the molecule is Cc1ccc(N(C)C(CN)c2cnn(C)c2C)cc1. The maximum Gasteiger partial charge on any atom is 0.0694 e. The molecule has 0 spiro atoms. The fourth-order valence-electron chi connectivity index (χ4n) is 2.30. The van der Waals surface area contributed by atoms with Gasteiger partial charge in [0.1, 0.15) is 0 Å². The molecule has 2 aromatic rings. The van der Waals surface area contributed by atoms with E-state index in [4.69, 9.17) is 5.73 Å². The highest BCUT2D eigenvalue weighted by Crippen LogP contribution is 2.26. The quantitative estimate of drug-likeness (QED) is 0.914. The Morgan fingerprint density at radius 1 is 1.26 bits per heavy atom. The minimum absolute atomic E-state index is 0.149. The summed E-state index contributed by atoms with van der Waals surface area (Å²) in [6, 6.07) is 8.65. The molecule has 19 heavy (non-hydrogen) atoms. The van der Waals surface area contributed by atoms with Gasteiger partial charge in [0.25, 0.3) is 0 Å². The second-order valence-corrected chi connectivity index (χ2v) is 5.01. The molecule has 2 N–H and O–H groups in total. The first-order valence-electron chi connectivity index (χ1n) is 6.52. The Labute approximate surface area is 114 Å². The Hall–Kier alpha value is -1.81. The van der Waals surface area contributed by atoms with E-state index < -0.39 is 0 Å². The van der Waals surface area contributed by atoms with Crippen LogP contribution in [0.4, 0.5) is 5.69 Å². The van der Waals surface area contributed by atoms with Crippen LogP contribution in [-0.2, 0) is 7.05 Å². The fraction of sp³-hybridized carbons (Fsp3) is 0.400. The van der Waals surface area contributed by atoms with Crippen LogP contribution in [0.5, 0.6) is 0 Å². The molecule has 0 bridgehead atoms. The summed E-state index contributed by atoms with van der Waals surface area (Å²) in [4.78, 5) is 2.21. The van der Waals surface area contributed by atoms with E-state index in [1.807, 2.05) is 17.9 Å². The van der Waals surface area contributed by atoms with Crippen molar-refractivity contribution < 1.29 is 0 Å². The van der Waals surface area contributed by atoms with E-state index in [1.54, 1.807) is 0 Å². The summed E-state index contributed by atoms with van der Waals surface area (Å²) in [6.07, 6.45) is 1.91. The molecule has 0 fully saturated rings. The first-order valence-corrected chi connectivity index (χ1v) is 6.52. The summed E-state index contributed by atoms with van der Waals surface area (Å²) in [7, 11) is 4.03. The Bertz CT molecular complexity index is 542. The molecule has 1 heterocycles. The molecule has 0 amide bonds. The van der Waals surface area contributed by atoms with Gasteiger partial charge in [0.05, 0.1) is 12.2 Å². The smallest absolute Gasteiger partial charge is 0.0694 e. The summed E-state index contributed by atoms with van der Waals surface area (Å²) in [5.41, 5.74) is 10.8. The van der Waals surface area contributed by atoms with Gasteiger partial charge in [-0.05, 0) is 26.0 Å². The highest BCUT2D eigenvalue weighted by molar-refractivity contribution is 5.49. The van der Waals surface area contributed by atoms with E-state index in [2.05, 4.69) is 55.2 Å². The second-order valence-electron chi connectivity index (χ2n) is 5.01. The van der Waals surface area contributed by atoms with Crippen LogP contribution in [-0.4, -0.2) is 23.4 Å². The number of anilines is 1. The zero-order chi connectivity index (χ0) is 14.0. The summed E-state index contributed by atoms with van der Waals surface area (Å²) in [5.74, 6) is 0. The predicted octanol–water partition coefficient (Wildman–Crippen LogP) is 2.17. The molecule has 0 saturated carbocycles. The van der Waals surface area contributed by atoms with Crippen molar-refractivity contribution in [1.82, 2.24) is 9.78 Å². The van der Waals surface area contributed by atoms with Gasteiger partial charge in [-0.2, -0.15) is 5.10 Å². The number of hydrogen-bond donors (Lipinski definition) is 1. The zero-order valence-electron chi connectivity index (χ0n) is 12.1. The lowest BCUT2D eigenvalue weighted by Gasteiger charge is -2.29. The number of likely N-dealkylation sites (N-methyl/N-ethyl adjacent to an activating group) is 1. The average molecular weight is 258 g/mol. The summed E-state index contributed by atoms with van der Waals surface area (Å²) in [5, 5.41) is 4.31. The normalized spacial score (nSPS) is 12.5. The van der Waals surface area contributed by atoms with Crippen LogP contribution in [0, 0.1) is 13.8 Å². The lowest BCUT2D eigenvalue weighted by Crippen LogP contribution is -2.30. The monoisotopic (exact) mass is 258 g/mol. The molecule has 2 rings (SSSR count). The van der Waals surface area contributed by atoms with Crippen molar-refractivity contribution >= 4 is 5.69 Å². The van der Waals surface area contributed by atoms with E-state index in [1.165, 1.54) is 16.8 Å². The van der Waals surface area contributed by atoms with Gasteiger partial charge in [-0.25, -0.2) is 0 Å². The molecule has 0 aliphatic carbocycles. The molecule has 102 valence electrons. The molecule has 0 radical (unpaired) electrons. The molecule has 1 aromatic heterocycles.